The van der Waals surface area contributed by atoms with Gasteiger partial charge in [0.1, 0.15) is 0 Å². The van der Waals surface area contributed by atoms with Crippen LogP contribution in [0.25, 0.3) is 0 Å². The maximum absolute atomic E-state index is 11.5. The Morgan fingerprint density at radius 3 is 2.38 bits per heavy atom. The minimum absolute atomic E-state index is 0.0647. The highest BCUT2D eigenvalue weighted by Crippen LogP contribution is 2.13. The van der Waals surface area contributed by atoms with Crippen LogP contribution < -0.4 is 14.9 Å². The Balaban J connectivity index is 2.72. The lowest BCUT2D eigenvalue weighted by atomic mass is 10.5. The van der Waals surface area contributed by atoms with Crippen LogP contribution in [0.5, 0.6) is 0 Å². The summed E-state index contributed by atoms with van der Waals surface area (Å²) in [6.45, 7) is 7.73. The SMILES string of the molecule is CCNS(=O)(=O)CCNc1nc(Cl)nc(N(CC)CC)n1. The number of halogens is 1. The van der Waals surface area contributed by atoms with E-state index in [1.807, 2.05) is 18.7 Å². The zero-order valence-electron chi connectivity index (χ0n) is 12.4. The maximum Gasteiger partial charge on any atom is 0.231 e. The van der Waals surface area contributed by atoms with Gasteiger partial charge in [-0.15, -0.1) is 0 Å². The van der Waals surface area contributed by atoms with Crippen LogP contribution in [0.4, 0.5) is 11.9 Å². The second-order valence-electron chi connectivity index (χ2n) is 4.14. The van der Waals surface area contributed by atoms with E-state index in [4.69, 9.17) is 11.6 Å². The van der Waals surface area contributed by atoms with Crippen LogP contribution in [0.1, 0.15) is 20.8 Å². The predicted octanol–water partition coefficient (Wildman–Crippen LogP) is 0.722. The van der Waals surface area contributed by atoms with Gasteiger partial charge in [-0.1, -0.05) is 6.92 Å². The molecular weight excluding hydrogens is 316 g/mol. The molecule has 0 amide bonds. The fourth-order valence-electron chi connectivity index (χ4n) is 1.66. The molecule has 0 aliphatic carbocycles. The van der Waals surface area contributed by atoms with Gasteiger partial charge in [0, 0.05) is 26.2 Å². The third kappa shape index (κ3) is 5.98. The lowest BCUT2D eigenvalue weighted by molar-refractivity contribution is 0.584. The zero-order valence-corrected chi connectivity index (χ0v) is 14.0. The summed E-state index contributed by atoms with van der Waals surface area (Å²) in [4.78, 5) is 14.2. The number of hydrogen-bond donors (Lipinski definition) is 2. The van der Waals surface area contributed by atoms with E-state index in [-0.39, 0.29) is 23.5 Å². The van der Waals surface area contributed by atoms with E-state index >= 15 is 0 Å². The second kappa shape index (κ2) is 8.30. The summed E-state index contributed by atoms with van der Waals surface area (Å²) >= 11 is 5.87. The number of sulfonamides is 1. The van der Waals surface area contributed by atoms with Crippen molar-refractivity contribution in [3.05, 3.63) is 5.28 Å². The van der Waals surface area contributed by atoms with Gasteiger partial charge in [-0.05, 0) is 25.4 Å². The molecule has 120 valence electrons. The van der Waals surface area contributed by atoms with Gasteiger partial charge in [0.2, 0.25) is 27.2 Å². The Kier molecular flexibility index (Phi) is 7.06. The van der Waals surface area contributed by atoms with Crippen molar-refractivity contribution < 1.29 is 8.42 Å². The molecule has 0 bridgehead atoms. The van der Waals surface area contributed by atoms with Crippen molar-refractivity contribution in [1.82, 2.24) is 19.7 Å². The third-order valence-corrected chi connectivity index (χ3v) is 4.30. The molecule has 8 nitrogen and oxygen atoms in total. The summed E-state index contributed by atoms with van der Waals surface area (Å²) in [5.74, 6) is 0.672. The van der Waals surface area contributed by atoms with E-state index in [2.05, 4.69) is 25.0 Å². The zero-order chi connectivity index (χ0) is 15.9. The average molecular weight is 337 g/mol. The van der Waals surface area contributed by atoms with E-state index in [0.29, 0.717) is 12.5 Å². The van der Waals surface area contributed by atoms with Crippen LogP contribution in [-0.4, -0.2) is 55.3 Å². The molecule has 0 aromatic carbocycles. The first-order valence-electron chi connectivity index (χ1n) is 6.79. The number of anilines is 2. The lowest BCUT2D eigenvalue weighted by Gasteiger charge is -2.18. The first kappa shape index (κ1) is 17.9. The maximum atomic E-state index is 11.5. The van der Waals surface area contributed by atoms with E-state index in [1.165, 1.54) is 0 Å². The molecule has 1 aromatic rings. The van der Waals surface area contributed by atoms with Crippen LogP contribution in [-0.2, 0) is 10.0 Å². The molecule has 10 heteroatoms. The molecule has 2 N–H and O–H groups in total. The molecular formula is C11H21ClN6O2S. The second-order valence-corrected chi connectivity index (χ2v) is 6.41. The first-order chi connectivity index (χ1) is 9.91. The highest BCUT2D eigenvalue weighted by atomic mass is 35.5. The smallest absolute Gasteiger partial charge is 0.231 e. The van der Waals surface area contributed by atoms with Crippen molar-refractivity contribution in [3.63, 3.8) is 0 Å². The molecule has 0 aliphatic heterocycles. The van der Waals surface area contributed by atoms with E-state index in [9.17, 15) is 8.42 Å². The van der Waals surface area contributed by atoms with Gasteiger partial charge in [0.05, 0.1) is 5.75 Å². The Morgan fingerprint density at radius 2 is 1.81 bits per heavy atom. The average Bonchev–Trinajstić information content (AvgIpc) is 2.39. The summed E-state index contributed by atoms with van der Waals surface area (Å²) < 4.78 is 25.4. The molecule has 0 radical (unpaired) electrons. The standard InChI is InChI=1S/C11H21ClN6O2S/c1-4-14-21(19,20)8-7-13-10-15-9(12)16-11(17-10)18(5-2)6-3/h14H,4-8H2,1-3H3,(H,13,15,16,17). The van der Waals surface area contributed by atoms with E-state index < -0.39 is 10.0 Å². The molecule has 0 saturated heterocycles. The summed E-state index contributed by atoms with van der Waals surface area (Å²) in [6.07, 6.45) is 0. The van der Waals surface area contributed by atoms with Crippen LogP contribution in [0.2, 0.25) is 5.28 Å². The number of nitrogens with zero attached hydrogens (tertiary/aromatic N) is 4. The fraction of sp³-hybridized carbons (Fsp3) is 0.727. The summed E-state index contributed by atoms with van der Waals surface area (Å²) in [6, 6.07) is 0. The van der Waals surface area contributed by atoms with Gasteiger partial charge in [-0.2, -0.15) is 15.0 Å². The molecule has 0 spiro atoms. The largest absolute Gasteiger partial charge is 0.353 e. The molecule has 0 fully saturated rings. The molecule has 21 heavy (non-hydrogen) atoms. The predicted molar refractivity (Wildman–Crippen MR) is 84.4 cm³/mol. The van der Waals surface area contributed by atoms with Crippen molar-refractivity contribution in [2.45, 2.75) is 20.8 Å². The highest BCUT2D eigenvalue weighted by Gasteiger charge is 2.12. The third-order valence-electron chi connectivity index (χ3n) is 2.66. The molecule has 1 heterocycles. The van der Waals surface area contributed by atoms with Gasteiger partial charge < -0.3 is 10.2 Å². The van der Waals surface area contributed by atoms with Crippen LogP contribution in [0.3, 0.4) is 0 Å². The topological polar surface area (TPSA) is 100 Å². The van der Waals surface area contributed by atoms with Crippen LogP contribution in [0.15, 0.2) is 0 Å². The minimum atomic E-state index is -3.27. The van der Waals surface area contributed by atoms with Gasteiger partial charge in [-0.3, -0.25) is 0 Å². The monoisotopic (exact) mass is 336 g/mol. The molecule has 0 unspecified atom stereocenters. The van der Waals surface area contributed by atoms with E-state index in [0.717, 1.165) is 13.1 Å². The molecule has 1 rings (SSSR count). The first-order valence-corrected chi connectivity index (χ1v) is 8.82. The van der Waals surface area contributed by atoms with Gasteiger partial charge in [0.25, 0.3) is 0 Å². The lowest BCUT2D eigenvalue weighted by Crippen LogP contribution is -2.29. The molecule has 0 saturated carbocycles. The van der Waals surface area contributed by atoms with Gasteiger partial charge in [-0.25, -0.2) is 13.1 Å². The number of nitrogens with one attached hydrogen (secondary N) is 2. The summed E-state index contributed by atoms with van der Waals surface area (Å²) in [5, 5.41) is 2.92. The Hall–Kier alpha value is -1.19. The summed E-state index contributed by atoms with van der Waals surface area (Å²) in [7, 11) is -3.27. The normalized spacial score (nSPS) is 11.4. The van der Waals surface area contributed by atoms with Crippen molar-refractivity contribution in [2.75, 3.05) is 42.1 Å². The minimum Gasteiger partial charge on any atom is -0.353 e. The van der Waals surface area contributed by atoms with Crippen LogP contribution >= 0.6 is 11.6 Å². The Bertz CT molecular complexity index is 550. The van der Waals surface area contributed by atoms with Gasteiger partial charge in [0.15, 0.2) is 0 Å². The quantitative estimate of drug-likeness (QED) is 0.685. The Labute approximate surface area is 130 Å². The van der Waals surface area contributed by atoms with Crippen molar-refractivity contribution >= 4 is 33.5 Å². The number of rotatable bonds is 9. The van der Waals surface area contributed by atoms with Gasteiger partial charge >= 0.3 is 0 Å². The number of aromatic nitrogens is 3. The number of hydrogen-bond acceptors (Lipinski definition) is 7. The molecule has 1 aromatic heterocycles. The Morgan fingerprint density at radius 1 is 1.14 bits per heavy atom. The van der Waals surface area contributed by atoms with Crippen molar-refractivity contribution in [2.24, 2.45) is 0 Å². The summed E-state index contributed by atoms with van der Waals surface area (Å²) in [5.41, 5.74) is 0. The van der Waals surface area contributed by atoms with E-state index in [1.54, 1.807) is 6.92 Å². The fourth-order valence-corrected chi connectivity index (χ4v) is 2.77. The molecule has 0 atom stereocenters. The van der Waals surface area contributed by atoms with Crippen molar-refractivity contribution in [3.8, 4) is 0 Å². The molecule has 0 aliphatic rings. The highest BCUT2D eigenvalue weighted by molar-refractivity contribution is 7.89. The van der Waals surface area contributed by atoms with Crippen molar-refractivity contribution in [1.29, 1.82) is 0 Å². The van der Waals surface area contributed by atoms with Crippen LogP contribution in [0, 0.1) is 0 Å².